The smallest absolute Gasteiger partial charge is 0.305 e. The van der Waals surface area contributed by atoms with E-state index in [1.165, 1.54) is 193 Å². The van der Waals surface area contributed by atoms with Crippen LogP contribution in [0.3, 0.4) is 0 Å². The number of hydrogen-bond donors (Lipinski definition) is 3. The van der Waals surface area contributed by atoms with Crippen LogP contribution in [-0.2, 0) is 14.3 Å². The third-order valence-corrected chi connectivity index (χ3v) is 13.6. The summed E-state index contributed by atoms with van der Waals surface area (Å²) in [5.74, 6) is -0.0859. The molecule has 0 aromatic heterocycles. The second-order valence-corrected chi connectivity index (χ2v) is 20.4. The zero-order chi connectivity index (χ0) is 49.3. The van der Waals surface area contributed by atoms with Gasteiger partial charge in [0.05, 0.1) is 25.4 Å². The van der Waals surface area contributed by atoms with Crippen molar-refractivity contribution in [1.29, 1.82) is 0 Å². The Balaban J connectivity index is 3.52. The molecule has 0 aromatic carbocycles. The van der Waals surface area contributed by atoms with Gasteiger partial charge < -0.3 is 20.3 Å². The van der Waals surface area contributed by atoms with Gasteiger partial charge in [-0.15, -0.1) is 0 Å². The summed E-state index contributed by atoms with van der Waals surface area (Å²) in [6.45, 7) is 4.88. The second-order valence-electron chi connectivity index (χ2n) is 20.4. The predicted molar refractivity (Wildman–Crippen MR) is 296 cm³/mol. The normalized spacial score (nSPS) is 12.9. The quantitative estimate of drug-likeness (QED) is 0.0244. The minimum absolute atomic E-state index is 0.0294. The first-order chi connectivity index (χ1) is 33.5. The molecule has 6 nitrogen and oxygen atoms in total. The molecule has 0 aromatic rings. The third kappa shape index (κ3) is 53.2. The number of allylic oxidation sites excluding steroid dienone is 8. The number of hydrogen-bond acceptors (Lipinski definition) is 5. The monoisotopic (exact) mass is 954 g/mol. The van der Waals surface area contributed by atoms with Gasteiger partial charge in [-0.3, -0.25) is 9.59 Å². The number of carbonyl (C=O) groups is 2. The lowest BCUT2D eigenvalue weighted by molar-refractivity contribution is -0.143. The molecule has 6 heteroatoms. The number of unbranched alkanes of at least 4 members (excludes halogenated alkanes) is 37. The molecule has 0 rings (SSSR count). The van der Waals surface area contributed by atoms with Gasteiger partial charge in [0.2, 0.25) is 5.91 Å². The van der Waals surface area contributed by atoms with Crippen molar-refractivity contribution in [3.05, 3.63) is 48.6 Å². The maximum atomic E-state index is 12.5. The Kier molecular flexibility index (Phi) is 55.6. The summed E-state index contributed by atoms with van der Waals surface area (Å²) in [5, 5.41) is 23.3. The van der Waals surface area contributed by atoms with E-state index in [-0.39, 0.29) is 18.5 Å². The zero-order valence-corrected chi connectivity index (χ0v) is 45.3. The molecule has 0 heterocycles. The molecule has 0 saturated carbocycles. The molecule has 1 amide bonds. The Morgan fingerprint density at radius 2 is 0.779 bits per heavy atom. The number of amides is 1. The van der Waals surface area contributed by atoms with Gasteiger partial charge in [-0.2, -0.15) is 0 Å². The minimum atomic E-state index is -0.681. The molecule has 0 bridgehead atoms. The number of rotatable bonds is 55. The fraction of sp³-hybridized carbons (Fsp3) is 0.839. The van der Waals surface area contributed by atoms with Gasteiger partial charge in [-0.25, -0.2) is 0 Å². The van der Waals surface area contributed by atoms with Gasteiger partial charge in [0.15, 0.2) is 0 Å². The molecule has 2 atom stereocenters. The fourth-order valence-corrected chi connectivity index (χ4v) is 9.01. The average Bonchev–Trinajstić information content (AvgIpc) is 3.34. The van der Waals surface area contributed by atoms with Crippen LogP contribution in [0.1, 0.15) is 309 Å². The van der Waals surface area contributed by atoms with Gasteiger partial charge in [0.25, 0.3) is 0 Å². The van der Waals surface area contributed by atoms with E-state index in [9.17, 15) is 19.8 Å². The Hall–Kier alpha value is -2.18. The van der Waals surface area contributed by atoms with Crippen LogP contribution in [-0.4, -0.2) is 47.4 Å². The number of aliphatic hydroxyl groups is 2. The zero-order valence-electron chi connectivity index (χ0n) is 45.3. The summed E-state index contributed by atoms with van der Waals surface area (Å²) in [4.78, 5) is 24.6. The number of esters is 1. The highest BCUT2D eigenvalue weighted by Gasteiger charge is 2.20. The van der Waals surface area contributed by atoms with Gasteiger partial charge in [-0.05, 0) is 89.9 Å². The maximum Gasteiger partial charge on any atom is 0.305 e. The van der Waals surface area contributed by atoms with Gasteiger partial charge in [-0.1, -0.05) is 255 Å². The Bertz CT molecular complexity index is 1150. The van der Waals surface area contributed by atoms with Crippen LogP contribution < -0.4 is 5.32 Å². The van der Waals surface area contributed by atoms with Crippen molar-refractivity contribution >= 4 is 11.9 Å². The first kappa shape index (κ1) is 65.8. The molecule has 0 spiro atoms. The molecule has 0 radical (unpaired) electrons. The van der Waals surface area contributed by atoms with Gasteiger partial charge >= 0.3 is 5.97 Å². The third-order valence-electron chi connectivity index (χ3n) is 13.6. The second kappa shape index (κ2) is 57.4. The first-order valence-electron chi connectivity index (χ1n) is 29.9. The molecule has 0 aliphatic rings. The van der Waals surface area contributed by atoms with E-state index in [1.807, 2.05) is 0 Å². The van der Waals surface area contributed by atoms with E-state index in [0.717, 1.165) is 83.5 Å². The summed E-state index contributed by atoms with van der Waals surface area (Å²) >= 11 is 0. The fourth-order valence-electron chi connectivity index (χ4n) is 9.01. The van der Waals surface area contributed by atoms with Crippen LogP contribution in [0.4, 0.5) is 0 Å². The highest BCUT2D eigenvalue weighted by molar-refractivity contribution is 5.76. The maximum absolute atomic E-state index is 12.5. The van der Waals surface area contributed by atoms with E-state index < -0.39 is 12.1 Å². The van der Waals surface area contributed by atoms with Crippen molar-refractivity contribution in [3.8, 4) is 0 Å². The van der Waals surface area contributed by atoms with Gasteiger partial charge in [0, 0.05) is 12.8 Å². The summed E-state index contributed by atoms with van der Waals surface area (Å²) < 4.78 is 5.45. The van der Waals surface area contributed by atoms with E-state index in [1.54, 1.807) is 0 Å². The largest absolute Gasteiger partial charge is 0.466 e. The summed E-state index contributed by atoms with van der Waals surface area (Å²) in [6, 6.07) is -0.560. The molecule has 398 valence electrons. The van der Waals surface area contributed by atoms with E-state index in [2.05, 4.69) is 67.8 Å². The first-order valence-corrected chi connectivity index (χ1v) is 29.9. The molecular formula is C62H115NO5. The highest BCUT2D eigenvalue weighted by atomic mass is 16.5. The molecule has 3 N–H and O–H groups in total. The summed E-state index contributed by atoms with van der Waals surface area (Å²) in [6.07, 6.45) is 72.4. The van der Waals surface area contributed by atoms with Crippen molar-refractivity contribution < 1.29 is 24.5 Å². The van der Waals surface area contributed by atoms with Crippen LogP contribution in [0.2, 0.25) is 0 Å². The van der Waals surface area contributed by atoms with Crippen LogP contribution in [0.5, 0.6) is 0 Å². The van der Waals surface area contributed by atoms with Crippen LogP contribution in [0.15, 0.2) is 48.6 Å². The summed E-state index contributed by atoms with van der Waals surface area (Å²) in [7, 11) is 0. The lowest BCUT2D eigenvalue weighted by atomic mass is 10.0. The topological polar surface area (TPSA) is 95.9 Å². The Morgan fingerprint density at radius 3 is 1.24 bits per heavy atom. The molecule has 0 saturated heterocycles. The van der Waals surface area contributed by atoms with E-state index >= 15 is 0 Å². The molecule has 68 heavy (non-hydrogen) atoms. The molecule has 0 aliphatic carbocycles. The number of carbonyl (C=O) groups excluding carboxylic acids is 2. The van der Waals surface area contributed by atoms with Gasteiger partial charge in [0.1, 0.15) is 0 Å². The number of ether oxygens (including phenoxy) is 1. The molecule has 0 fully saturated rings. The molecule has 2 unspecified atom stereocenters. The Morgan fingerprint density at radius 1 is 0.426 bits per heavy atom. The van der Waals surface area contributed by atoms with Crippen molar-refractivity contribution in [2.75, 3.05) is 13.2 Å². The standard InChI is InChI=1S/C62H115NO5/c1-3-5-7-9-11-13-15-17-19-21-22-24-26-30-34-38-42-46-50-54-60(65)59(58-64)63-61(66)55-51-47-43-39-35-31-27-25-29-33-37-41-45-49-53-57-68-62(67)56-52-48-44-40-36-32-28-23-20-18-16-14-12-10-8-6-4-2/h12,14,18,20,25,29,33,37,59-60,64-65H,3-11,13,15-17,19,21-24,26-28,30-32,34-36,38-58H2,1-2H3,(H,63,66)/b14-12-,20-18-,29-25-,37-33-. The highest BCUT2D eigenvalue weighted by Crippen LogP contribution is 2.17. The molecular weight excluding hydrogens is 839 g/mol. The van der Waals surface area contributed by atoms with E-state index in [4.69, 9.17) is 4.74 Å². The molecule has 0 aliphatic heterocycles. The lowest BCUT2D eigenvalue weighted by Crippen LogP contribution is -2.45. The minimum Gasteiger partial charge on any atom is -0.466 e. The van der Waals surface area contributed by atoms with Crippen LogP contribution in [0, 0.1) is 0 Å². The van der Waals surface area contributed by atoms with Crippen LogP contribution in [0.25, 0.3) is 0 Å². The summed E-state index contributed by atoms with van der Waals surface area (Å²) in [5.41, 5.74) is 0. The van der Waals surface area contributed by atoms with Crippen molar-refractivity contribution in [2.45, 2.75) is 321 Å². The van der Waals surface area contributed by atoms with Crippen molar-refractivity contribution in [1.82, 2.24) is 5.32 Å². The predicted octanol–water partition coefficient (Wildman–Crippen LogP) is 18.6. The van der Waals surface area contributed by atoms with Crippen molar-refractivity contribution in [2.24, 2.45) is 0 Å². The number of nitrogens with one attached hydrogen (secondary N) is 1. The Labute approximate surface area is 423 Å². The van der Waals surface area contributed by atoms with E-state index in [0.29, 0.717) is 25.9 Å². The van der Waals surface area contributed by atoms with Crippen molar-refractivity contribution in [3.63, 3.8) is 0 Å². The lowest BCUT2D eigenvalue weighted by Gasteiger charge is -2.22. The van der Waals surface area contributed by atoms with Crippen LogP contribution >= 0.6 is 0 Å². The average molecular weight is 955 g/mol. The number of aliphatic hydroxyl groups excluding tert-OH is 2. The SMILES string of the molecule is CCCCC/C=C\C/C=C\CCCCCCCCCC(=O)OCCCCC/C=C\C=C/CCCCCCCCC(=O)NC(CO)C(O)CCCCCCCCCCCCCCCCCCCCC.